The van der Waals surface area contributed by atoms with Crippen molar-refractivity contribution in [2.45, 2.75) is 6.42 Å². The summed E-state index contributed by atoms with van der Waals surface area (Å²) >= 11 is 0. The largest absolute Gasteiger partial charge is 0.330 e. The predicted octanol–water partition coefficient (Wildman–Crippen LogP) is -0.319. The third-order valence-electron chi connectivity index (χ3n) is 1.77. The molecule has 2 N–H and O–H groups in total. The fourth-order valence-corrected chi connectivity index (χ4v) is 3.25. The molecule has 1 aliphatic rings. The van der Waals surface area contributed by atoms with Crippen LogP contribution in [0.25, 0.3) is 0 Å². The van der Waals surface area contributed by atoms with Crippen LogP contribution < -0.4 is 5.73 Å². The molecule has 3 heteroatoms. The predicted molar refractivity (Wildman–Crippen MR) is 42.2 cm³/mol. The van der Waals surface area contributed by atoms with Gasteiger partial charge in [-0.2, -0.15) is 0 Å². The number of hydrogen-bond donors (Lipinski definition) is 1. The Bertz CT molecular complexity index is 183. The summed E-state index contributed by atoms with van der Waals surface area (Å²) in [4.78, 5) is 0. The molecule has 0 saturated carbocycles. The lowest BCUT2D eigenvalue weighted by molar-refractivity contribution is 0.610. The minimum Gasteiger partial charge on any atom is -0.330 e. The first-order chi connectivity index (χ1) is 4.14. The Balaban J connectivity index is 2.58. The Morgan fingerprint density at radius 3 is 2.67 bits per heavy atom. The third kappa shape index (κ3) is 1.69. The molecule has 0 aromatic rings. The summed E-state index contributed by atoms with van der Waals surface area (Å²) in [6, 6.07) is 0. The molecule has 9 heavy (non-hydrogen) atoms. The van der Waals surface area contributed by atoms with Gasteiger partial charge in [-0.15, -0.1) is 0 Å². The Morgan fingerprint density at radius 2 is 2.44 bits per heavy atom. The normalized spacial score (nSPS) is 43.4. The summed E-state index contributed by atoms with van der Waals surface area (Å²) in [5.74, 6) is 5.66. The van der Waals surface area contributed by atoms with Crippen LogP contribution in [0.1, 0.15) is 6.42 Å². The maximum absolute atomic E-state index is 11.2. The molecule has 1 heterocycles. The van der Waals surface area contributed by atoms with Crippen molar-refractivity contribution in [1.82, 2.24) is 0 Å². The van der Waals surface area contributed by atoms with Crippen LogP contribution in [0.4, 0.5) is 0 Å². The van der Waals surface area contributed by atoms with E-state index in [2.05, 4.69) is 5.87 Å². The fraction of sp³-hybridized carbons (Fsp3) is 0.833. The summed E-state index contributed by atoms with van der Waals surface area (Å²) in [5, 5.41) is 0. The zero-order valence-corrected chi connectivity index (χ0v) is 6.32. The van der Waals surface area contributed by atoms with Crippen molar-refractivity contribution in [3.8, 4) is 0 Å². The second-order valence-electron chi connectivity index (χ2n) is 2.73. The van der Waals surface area contributed by atoms with E-state index in [1.807, 2.05) is 0 Å². The van der Waals surface area contributed by atoms with Crippen LogP contribution in [-0.2, 0) is 9.52 Å². The molecule has 1 rings (SSSR count). The van der Waals surface area contributed by atoms with Crippen molar-refractivity contribution in [2.24, 2.45) is 11.7 Å². The highest BCUT2D eigenvalue weighted by Crippen LogP contribution is 2.16. The van der Waals surface area contributed by atoms with E-state index >= 15 is 0 Å². The lowest BCUT2D eigenvalue weighted by Gasteiger charge is -2.00. The summed E-state index contributed by atoms with van der Waals surface area (Å²) in [6.07, 6.45) is 1.01. The van der Waals surface area contributed by atoms with Crippen molar-refractivity contribution < 1.29 is 4.21 Å². The highest BCUT2D eigenvalue weighted by atomic mass is 32.2. The molecule has 0 radical (unpaired) electrons. The van der Waals surface area contributed by atoms with Crippen molar-refractivity contribution in [3.05, 3.63) is 0 Å². The SMILES string of the molecule is C=S1(=O)CCC(CN)C1. The van der Waals surface area contributed by atoms with Crippen molar-refractivity contribution in [3.63, 3.8) is 0 Å². The monoisotopic (exact) mass is 147 g/mol. The van der Waals surface area contributed by atoms with Crippen molar-refractivity contribution in [2.75, 3.05) is 18.1 Å². The minimum absolute atomic E-state index is 0.481. The molecule has 54 valence electrons. The summed E-state index contributed by atoms with van der Waals surface area (Å²) in [5.41, 5.74) is 5.40. The van der Waals surface area contributed by atoms with Gasteiger partial charge < -0.3 is 5.73 Å². The van der Waals surface area contributed by atoms with E-state index in [0.29, 0.717) is 12.5 Å². The summed E-state index contributed by atoms with van der Waals surface area (Å²) in [6.45, 7) is 0.673. The van der Waals surface area contributed by atoms with Crippen LogP contribution in [0.2, 0.25) is 0 Å². The quantitative estimate of drug-likeness (QED) is 0.517. The summed E-state index contributed by atoms with van der Waals surface area (Å²) < 4.78 is 11.2. The first kappa shape index (κ1) is 7.09. The topological polar surface area (TPSA) is 43.1 Å². The van der Waals surface area contributed by atoms with Crippen LogP contribution in [0, 0.1) is 5.92 Å². The Morgan fingerprint density at radius 1 is 1.78 bits per heavy atom. The molecule has 1 aliphatic heterocycles. The van der Waals surface area contributed by atoms with Crippen molar-refractivity contribution in [1.29, 1.82) is 0 Å². The maximum Gasteiger partial charge on any atom is 0.0199 e. The van der Waals surface area contributed by atoms with Gasteiger partial charge in [-0.25, -0.2) is 0 Å². The molecule has 0 aliphatic carbocycles. The molecule has 0 bridgehead atoms. The van der Waals surface area contributed by atoms with E-state index in [-0.39, 0.29) is 0 Å². The molecule has 1 saturated heterocycles. The van der Waals surface area contributed by atoms with Gasteiger partial charge in [-0.3, -0.25) is 4.21 Å². The van der Waals surface area contributed by atoms with Crippen LogP contribution in [0.3, 0.4) is 0 Å². The van der Waals surface area contributed by atoms with E-state index < -0.39 is 9.52 Å². The number of hydrogen-bond acceptors (Lipinski definition) is 2. The van der Waals surface area contributed by atoms with E-state index in [1.54, 1.807) is 0 Å². The molecule has 2 unspecified atom stereocenters. The van der Waals surface area contributed by atoms with E-state index in [9.17, 15) is 4.21 Å². The van der Waals surface area contributed by atoms with E-state index in [0.717, 1.165) is 17.9 Å². The average molecular weight is 147 g/mol. The zero-order valence-electron chi connectivity index (χ0n) is 5.51. The first-order valence-electron chi connectivity index (χ1n) is 3.17. The van der Waals surface area contributed by atoms with Gasteiger partial charge in [0.1, 0.15) is 0 Å². The Kier molecular flexibility index (Phi) is 1.82. The van der Waals surface area contributed by atoms with Gasteiger partial charge in [0, 0.05) is 11.5 Å². The fourth-order valence-electron chi connectivity index (χ4n) is 1.16. The molecular formula is C6H13NOS. The van der Waals surface area contributed by atoms with Gasteiger partial charge in [-0.05, 0) is 34.3 Å². The highest BCUT2D eigenvalue weighted by Gasteiger charge is 2.21. The lowest BCUT2D eigenvalue weighted by atomic mass is 10.1. The smallest absolute Gasteiger partial charge is 0.0199 e. The standard InChI is InChI=1S/C6H13NOS/c1-9(8)3-2-6(4-7)5-9/h6H,1-5,7H2. The van der Waals surface area contributed by atoms with Gasteiger partial charge in [-0.1, -0.05) is 0 Å². The van der Waals surface area contributed by atoms with Gasteiger partial charge in [0.15, 0.2) is 0 Å². The molecular weight excluding hydrogens is 134 g/mol. The van der Waals surface area contributed by atoms with Crippen LogP contribution >= 0.6 is 0 Å². The molecule has 1 fully saturated rings. The lowest BCUT2D eigenvalue weighted by Crippen LogP contribution is -2.15. The third-order valence-corrected chi connectivity index (χ3v) is 3.83. The first-order valence-corrected chi connectivity index (χ1v) is 5.23. The van der Waals surface area contributed by atoms with Crippen LogP contribution in [0.15, 0.2) is 0 Å². The molecule has 0 amide bonds. The van der Waals surface area contributed by atoms with Gasteiger partial charge >= 0.3 is 0 Å². The average Bonchev–Trinajstić information content (AvgIpc) is 2.10. The molecule has 0 aromatic heterocycles. The maximum atomic E-state index is 11.2. The highest BCUT2D eigenvalue weighted by molar-refractivity contribution is 8.00. The van der Waals surface area contributed by atoms with E-state index in [4.69, 9.17) is 5.73 Å². The van der Waals surface area contributed by atoms with Gasteiger partial charge in [0.25, 0.3) is 0 Å². The second kappa shape index (κ2) is 2.31. The molecule has 0 spiro atoms. The molecule has 2 atom stereocenters. The Labute approximate surface area is 56.4 Å². The minimum atomic E-state index is -1.69. The van der Waals surface area contributed by atoms with Crippen molar-refractivity contribution >= 4 is 15.4 Å². The summed E-state index contributed by atoms with van der Waals surface area (Å²) in [7, 11) is -1.69. The van der Waals surface area contributed by atoms with Crippen LogP contribution in [-0.4, -0.2) is 28.1 Å². The Hall–Kier alpha value is -0.0200. The van der Waals surface area contributed by atoms with Gasteiger partial charge in [0.05, 0.1) is 0 Å². The number of rotatable bonds is 1. The number of nitrogens with two attached hydrogens (primary N) is 1. The zero-order chi connectivity index (χ0) is 6.91. The van der Waals surface area contributed by atoms with Crippen LogP contribution in [0.5, 0.6) is 0 Å². The second-order valence-corrected chi connectivity index (χ2v) is 5.40. The molecule has 2 nitrogen and oxygen atoms in total. The molecule has 0 aromatic carbocycles. The van der Waals surface area contributed by atoms with Gasteiger partial charge in [0.2, 0.25) is 0 Å². The van der Waals surface area contributed by atoms with E-state index in [1.165, 1.54) is 0 Å².